The van der Waals surface area contributed by atoms with Crippen molar-refractivity contribution in [3.8, 4) is 0 Å². The van der Waals surface area contributed by atoms with Gasteiger partial charge in [-0.15, -0.1) is 0 Å². The lowest BCUT2D eigenvalue weighted by molar-refractivity contribution is -0.137. The summed E-state index contributed by atoms with van der Waals surface area (Å²) in [4.78, 5) is 23.1. The fourth-order valence-electron chi connectivity index (χ4n) is 2.71. The maximum Gasteiger partial charge on any atom is 0.341 e. The Balaban J connectivity index is 2.18. The molecule has 0 N–H and O–H groups in total. The first-order chi connectivity index (χ1) is 6.98. The number of hydrogen-bond acceptors (Lipinski definition) is 3. The molecule has 2 aliphatic rings. The van der Waals surface area contributed by atoms with Crippen LogP contribution >= 0.6 is 0 Å². The number of ether oxygens (including phenoxy) is 1. The highest BCUT2D eigenvalue weighted by Crippen LogP contribution is 2.62. The fourth-order valence-corrected chi connectivity index (χ4v) is 2.71. The van der Waals surface area contributed by atoms with Crippen molar-refractivity contribution < 1.29 is 14.3 Å². The fraction of sp³-hybridized carbons (Fsp3) is 0.667. The first-order valence-electron chi connectivity index (χ1n) is 5.30. The second-order valence-corrected chi connectivity index (χ2v) is 5.01. The van der Waals surface area contributed by atoms with E-state index in [1.54, 1.807) is 6.08 Å². The van der Waals surface area contributed by atoms with Crippen molar-refractivity contribution in [2.24, 2.45) is 17.3 Å². The lowest BCUT2D eigenvalue weighted by Gasteiger charge is -2.06. The molecule has 3 heteroatoms. The van der Waals surface area contributed by atoms with Crippen LogP contribution in [0.15, 0.2) is 11.6 Å². The molecule has 0 bridgehead atoms. The Hall–Kier alpha value is -1.12. The standard InChI is InChI=1S/C12H16O3/c1-12(2)8-5-4-7(11(14)15-3)10(13)6-9(8)12/h4,8-9H,5-6H2,1-3H3/t8-,9+/m1/s1. The molecule has 2 atom stereocenters. The predicted molar refractivity (Wildman–Crippen MR) is 55.1 cm³/mol. The highest BCUT2D eigenvalue weighted by atomic mass is 16.5. The number of allylic oxidation sites excluding steroid dienone is 1. The highest BCUT2D eigenvalue weighted by Gasteiger charge is 2.58. The summed E-state index contributed by atoms with van der Waals surface area (Å²) in [7, 11) is 1.31. The van der Waals surface area contributed by atoms with Gasteiger partial charge >= 0.3 is 5.97 Å². The zero-order chi connectivity index (χ0) is 11.2. The van der Waals surface area contributed by atoms with Gasteiger partial charge in [0.15, 0.2) is 5.78 Å². The Bertz CT molecular complexity index is 352. The van der Waals surface area contributed by atoms with Gasteiger partial charge in [-0.05, 0) is 23.7 Å². The molecule has 82 valence electrons. The van der Waals surface area contributed by atoms with Crippen LogP contribution in [-0.4, -0.2) is 18.9 Å². The number of ketones is 1. The van der Waals surface area contributed by atoms with Gasteiger partial charge < -0.3 is 4.74 Å². The van der Waals surface area contributed by atoms with Gasteiger partial charge in [0, 0.05) is 6.42 Å². The monoisotopic (exact) mass is 208 g/mol. The van der Waals surface area contributed by atoms with E-state index in [0.717, 1.165) is 6.42 Å². The SMILES string of the molecule is COC(=O)C1=CC[C@@H]2[C@H](CC1=O)C2(C)C. The quantitative estimate of drug-likeness (QED) is 0.487. The van der Waals surface area contributed by atoms with E-state index >= 15 is 0 Å². The minimum Gasteiger partial charge on any atom is -0.465 e. The molecule has 0 heterocycles. The van der Waals surface area contributed by atoms with Crippen LogP contribution in [0.3, 0.4) is 0 Å². The lowest BCUT2D eigenvalue weighted by atomic mass is 9.99. The van der Waals surface area contributed by atoms with Gasteiger partial charge in [0.2, 0.25) is 0 Å². The lowest BCUT2D eigenvalue weighted by Crippen LogP contribution is -2.15. The van der Waals surface area contributed by atoms with Gasteiger partial charge in [-0.1, -0.05) is 19.9 Å². The average molecular weight is 208 g/mol. The Morgan fingerprint density at radius 3 is 2.73 bits per heavy atom. The second-order valence-electron chi connectivity index (χ2n) is 5.01. The molecule has 0 spiro atoms. The number of rotatable bonds is 1. The molecule has 3 nitrogen and oxygen atoms in total. The third-order valence-corrected chi connectivity index (χ3v) is 3.97. The molecule has 2 rings (SSSR count). The summed E-state index contributed by atoms with van der Waals surface area (Å²) in [5, 5.41) is 0. The van der Waals surface area contributed by atoms with Gasteiger partial charge in [-0.3, -0.25) is 4.79 Å². The van der Waals surface area contributed by atoms with E-state index in [2.05, 4.69) is 18.6 Å². The molecule has 1 fully saturated rings. The molecule has 0 radical (unpaired) electrons. The molecular weight excluding hydrogens is 192 g/mol. The van der Waals surface area contributed by atoms with Gasteiger partial charge in [-0.2, -0.15) is 0 Å². The van der Waals surface area contributed by atoms with Crippen LogP contribution in [0.2, 0.25) is 0 Å². The van der Waals surface area contributed by atoms with E-state index in [4.69, 9.17) is 0 Å². The highest BCUT2D eigenvalue weighted by molar-refractivity contribution is 6.17. The van der Waals surface area contributed by atoms with Gasteiger partial charge in [-0.25, -0.2) is 4.79 Å². The molecule has 15 heavy (non-hydrogen) atoms. The van der Waals surface area contributed by atoms with E-state index in [0.29, 0.717) is 18.3 Å². The number of Topliss-reactive ketones (excluding diaryl/α,β-unsaturated/α-hetero) is 1. The smallest absolute Gasteiger partial charge is 0.341 e. The molecule has 2 aliphatic carbocycles. The Morgan fingerprint density at radius 2 is 2.13 bits per heavy atom. The third-order valence-electron chi connectivity index (χ3n) is 3.97. The molecule has 0 aromatic rings. The normalized spacial score (nSPS) is 32.5. The minimum atomic E-state index is -0.487. The maximum atomic E-state index is 11.8. The first kappa shape index (κ1) is 10.4. The van der Waals surface area contributed by atoms with Crippen molar-refractivity contribution in [1.82, 2.24) is 0 Å². The topological polar surface area (TPSA) is 43.4 Å². The number of hydrogen-bond donors (Lipinski definition) is 0. The second kappa shape index (κ2) is 3.19. The van der Waals surface area contributed by atoms with Crippen molar-refractivity contribution in [2.45, 2.75) is 26.7 Å². The number of carbonyl (C=O) groups is 2. The molecular formula is C12H16O3. The van der Waals surface area contributed by atoms with Crippen molar-refractivity contribution >= 4 is 11.8 Å². The van der Waals surface area contributed by atoms with Crippen molar-refractivity contribution in [1.29, 1.82) is 0 Å². The molecule has 0 unspecified atom stereocenters. The summed E-state index contributed by atoms with van der Waals surface area (Å²) in [6, 6.07) is 0. The Labute approximate surface area is 89.5 Å². The van der Waals surface area contributed by atoms with E-state index in [1.807, 2.05) is 0 Å². The van der Waals surface area contributed by atoms with Gasteiger partial charge in [0.05, 0.1) is 12.7 Å². The summed E-state index contributed by atoms with van der Waals surface area (Å²) in [5.41, 5.74) is 0.522. The summed E-state index contributed by atoms with van der Waals surface area (Å²) in [6.07, 6.45) is 3.08. The average Bonchev–Trinajstić information content (AvgIpc) is 2.75. The van der Waals surface area contributed by atoms with Crippen molar-refractivity contribution in [2.75, 3.05) is 7.11 Å². The summed E-state index contributed by atoms with van der Waals surface area (Å²) in [5.74, 6) is 0.464. The Morgan fingerprint density at radius 1 is 1.47 bits per heavy atom. The zero-order valence-electron chi connectivity index (χ0n) is 9.37. The number of esters is 1. The summed E-state index contributed by atoms with van der Waals surface area (Å²) in [6.45, 7) is 4.37. The van der Waals surface area contributed by atoms with E-state index < -0.39 is 5.97 Å². The van der Waals surface area contributed by atoms with Crippen LogP contribution in [-0.2, 0) is 14.3 Å². The third kappa shape index (κ3) is 1.50. The van der Waals surface area contributed by atoms with Crippen molar-refractivity contribution in [3.63, 3.8) is 0 Å². The van der Waals surface area contributed by atoms with Crippen LogP contribution in [0, 0.1) is 17.3 Å². The summed E-state index contributed by atoms with van der Waals surface area (Å²) < 4.78 is 4.59. The van der Waals surface area contributed by atoms with Crippen LogP contribution in [0.5, 0.6) is 0 Å². The number of carbonyl (C=O) groups excluding carboxylic acids is 2. The van der Waals surface area contributed by atoms with Gasteiger partial charge in [0.25, 0.3) is 0 Å². The zero-order valence-corrected chi connectivity index (χ0v) is 9.37. The molecule has 0 saturated heterocycles. The van der Waals surface area contributed by atoms with E-state index in [-0.39, 0.29) is 16.8 Å². The van der Waals surface area contributed by atoms with E-state index in [9.17, 15) is 9.59 Å². The molecule has 0 amide bonds. The van der Waals surface area contributed by atoms with E-state index in [1.165, 1.54) is 7.11 Å². The van der Waals surface area contributed by atoms with Crippen LogP contribution < -0.4 is 0 Å². The molecule has 0 aromatic carbocycles. The first-order valence-corrected chi connectivity index (χ1v) is 5.30. The molecule has 1 saturated carbocycles. The number of methoxy groups -OCH3 is 1. The predicted octanol–water partition coefficient (Wildman–Crippen LogP) is 1.72. The van der Waals surface area contributed by atoms with Gasteiger partial charge in [0.1, 0.15) is 0 Å². The minimum absolute atomic E-state index is 0.0556. The molecule has 0 aliphatic heterocycles. The molecule has 0 aromatic heterocycles. The maximum absolute atomic E-state index is 11.8. The van der Waals surface area contributed by atoms with Crippen molar-refractivity contribution in [3.05, 3.63) is 11.6 Å². The van der Waals surface area contributed by atoms with Crippen LogP contribution in [0.4, 0.5) is 0 Å². The van der Waals surface area contributed by atoms with Crippen LogP contribution in [0.25, 0.3) is 0 Å². The van der Waals surface area contributed by atoms with Crippen LogP contribution in [0.1, 0.15) is 26.7 Å². The Kier molecular flexibility index (Phi) is 2.21. The largest absolute Gasteiger partial charge is 0.465 e. The number of fused-ring (bicyclic) bond motifs is 1. The summed E-state index contributed by atoms with van der Waals surface area (Å²) >= 11 is 0.